The molecule has 0 unspecified atom stereocenters. The highest BCUT2D eigenvalue weighted by atomic mass is 15.0. The van der Waals surface area contributed by atoms with Gasteiger partial charge >= 0.3 is 0 Å². The topological polar surface area (TPSA) is 51.6 Å². The van der Waals surface area contributed by atoms with Crippen molar-refractivity contribution in [1.82, 2.24) is 19.9 Å². The molecule has 5 aliphatic rings. The zero-order valence-electron chi connectivity index (χ0n) is 34.5. The molecule has 62 heavy (non-hydrogen) atoms. The van der Waals surface area contributed by atoms with Crippen LogP contribution in [0.3, 0.4) is 0 Å². The van der Waals surface area contributed by atoms with E-state index in [2.05, 4.69) is 133 Å². The van der Waals surface area contributed by atoms with Crippen molar-refractivity contribution in [3.8, 4) is 78.7 Å². The molecule has 5 aliphatic carbocycles. The lowest BCUT2D eigenvalue weighted by molar-refractivity contribution is -0.0399. The molecule has 0 saturated heterocycles. The van der Waals surface area contributed by atoms with Crippen LogP contribution in [0, 0.1) is 23.7 Å². The Balaban J connectivity index is 1.02. The van der Waals surface area contributed by atoms with Crippen molar-refractivity contribution in [2.24, 2.45) is 23.7 Å². The van der Waals surface area contributed by atoms with Gasteiger partial charge in [0.05, 0.1) is 5.52 Å². The Morgan fingerprint density at radius 2 is 0.887 bits per heavy atom. The third-order valence-electron chi connectivity index (χ3n) is 14.9. The van der Waals surface area contributed by atoms with Crippen molar-refractivity contribution < 1.29 is 0 Å². The number of hydrogen-bond acceptors (Lipinski definition) is 4. The lowest BCUT2D eigenvalue weighted by Gasteiger charge is -2.61. The van der Waals surface area contributed by atoms with E-state index in [4.69, 9.17) is 19.9 Å². The summed E-state index contributed by atoms with van der Waals surface area (Å²) in [5.74, 6) is 5.05. The second-order valence-corrected chi connectivity index (χ2v) is 18.3. The molecular formula is C58H44N4. The van der Waals surface area contributed by atoms with Gasteiger partial charge in [0.1, 0.15) is 0 Å². The lowest BCUT2D eigenvalue weighted by atomic mass is 9.43. The molecule has 1 spiro atoms. The largest absolute Gasteiger partial charge is 0.256 e. The molecule has 0 aliphatic heterocycles. The highest BCUT2D eigenvalue weighted by Gasteiger charge is 2.61. The Kier molecular flexibility index (Phi) is 8.06. The van der Waals surface area contributed by atoms with Crippen LogP contribution in [0.15, 0.2) is 182 Å². The van der Waals surface area contributed by atoms with Gasteiger partial charge in [0.25, 0.3) is 0 Å². The first-order valence-corrected chi connectivity index (χ1v) is 22.4. The maximum Gasteiger partial charge on any atom is 0.164 e. The first-order valence-electron chi connectivity index (χ1n) is 22.4. The van der Waals surface area contributed by atoms with E-state index in [-0.39, 0.29) is 5.41 Å². The summed E-state index contributed by atoms with van der Waals surface area (Å²) in [6.07, 6.45) is 8.70. The molecule has 2 heterocycles. The Labute approximate surface area is 362 Å². The molecule has 2 aromatic heterocycles. The molecule has 0 amide bonds. The first kappa shape index (κ1) is 35.7. The Hall–Kier alpha value is -7.04. The third kappa shape index (κ3) is 5.66. The van der Waals surface area contributed by atoms with Crippen LogP contribution < -0.4 is 0 Å². The number of nitrogens with zero attached hydrogens (tertiary/aromatic N) is 4. The van der Waals surface area contributed by atoms with Gasteiger partial charge < -0.3 is 0 Å². The van der Waals surface area contributed by atoms with E-state index in [9.17, 15) is 0 Å². The molecule has 0 radical (unpaired) electrons. The van der Waals surface area contributed by atoms with E-state index in [1.165, 1.54) is 59.9 Å². The number of aromatic nitrogens is 4. The molecule has 4 saturated carbocycles. The van der Waals surface area contributed by atoms with Gasteiger partial charge in [-0.05, 0) is 154 Å². The van der Waals surface area contributed by atoms with Crippen molar-refractivity contribution in [1.29, 1.82) is 0 Å². The van der Waals surface area contributed by atoms with Crippen LogP contribution >= 0.6 is 0 Å². The number of benzene rings is 7. The summed E-state index contributed by atoms with van der Waals surface area (Å²) in [5.41, 5.74) is 17.0. The van der Waals surface area contributed by atoms with E-state index in [0.29, 0.717) is 29.3 Å². The fraction of sp³-hybridized carbons (Fsp3) is 0.172. The third-order valence-corrected chi connectivity index (χ3v) is 14.9. The van der Waals surface area contributed by atoms with Gasteiger partial charge in [0.15, 0.2) is 17.5 Å². The van der Waals surface area contributed by atoms with E-state index in [1.807, 2.05) is 48.7 Å². The SMILES string of the molecule is c1ccc(-c2ccc3c(c2)-c2ccc(-c4cc(-c5ccc6cccnc6c5)cc(-c5nc(-c6ccccc6)nc(-c6ccccc6)n5)c4)cc2C32C3CC4CC(C3)CC2C4)cc1. The monoisotopic (exact) mass is 796 g/mol. The summed E-state index contributed by atoms with van der Waals surface area (Å²) < 4.78 is 0. The number of rotatable bonds is 6. The average molecular weight is 797 g/mol. The van der Waals surface area contributed by atoms with Gasteiger partial charge in [-0.3, -0.25) is 4.98 Å². The quantitative estimate of drug-likeness (QED) is 0.168. The maximum atomic E-state index is 5.22. The van der Waals surface area contributed by atoms with Gasteiger partial charge in [-0.1, -0.05) is 133 Å². The molecular weight excluding hydrogens is 753 g/mol. The highest BCUT2D eigenvalue weighted by molar-refractivity contribution is 5.90. The zero-order chi connectivity index (χ0) is 40.8. The molecule has 4 heteroatoms. The molecule has 296 valence electrons. The molecule has 4 fully saturated rings. The van der Waals surface area contributed by atoms with Crippen LogP contribution in [-0.2, 0) is 5.41 Å². The van der Waals surface area contributed by atoms with Crippen LogP contribution in [0.1, 0.15) is 43.2 Å². The number of hydrogen-bond donors (Lipinski definition) is 0. The summed E-state index contributed by atoms with van der Waals surface area (Å²) >= 11 is 0. The molecule has 4 nitrogen and oxygen atoms in total. The average Bonchev–Trinajstić information content (AvgIpc) is 3.62. The van der Waals surface area contributed by atoms with Crippen LogP contribution in [0.4, 0.5) is 0 Å². The van der Waals surface area contributed by atoms with E-state index in [0.717, 1.165) is 56.1 Å². The second kappa shape index (κ2) is 14.0. The molecule has 4 bridgehead atoms. The van der Waals surface area contributed by atoms with Crippen molar-refractivity contribution in [3.63, 3.8) is 0 Å². The van der Waals surface area contributed by atoms with E-state index >= 15 is 0 Å². The van der Waals surface area contributed by atoms with Gasteiger partial charge in [-0.2, -0.15) is 0 Å². The highest BCUT2D eigenvalue weighted by Crippen LogP contribution is 2.69. The molecule has 7 aromatic carbocycles. The van der Waals surface area contributed by atoms with Crippen LogP contribution in [0.2, 0.25) is 0 Å². The second-order valence-electron chi connectivity index (χ2n) is 18.3. The summed E-state index contributed by atoms with van der Waals surface area (Å²) in [5, 5.41) is 1.12. The van der Waals surface area contributed by atoms with Gasteiger partial charge in [-0.25, -0.2) is 15.0 Å². The molecule has 9 aromatic rings. The minimum Gasteiger partial charge on any atom is -0.256 e. The predicted octanol–water partition coefficient (Wildman–Crippen LogP) is 14.1. The van der Waals surface area contributed by atoms with Crippen molar-refractivity contribution in [2.75, 3.05) is 0 Å². The van der Waals surface area contributed by atoms with Gasteiger partial charge in [0, 0.05) is 33.7 Å². The van der Waals surface area contributed by atoms with Crippen LogP contribution in [0.25, 0.3) is 89.6 Å². The molecule has 14 rings (SSSR count). The van der Waals surface area contributed by atoms with Crippen molar-refractivity contribution in [3.05, 3.63) is 193 Å². The summed E-state index contributed by atoms with van der Waals surface area (Å²) in [7, 11) is 0. The summed E-state index contributed by atoms with van der Waals surface area (Å²) in [6, 6.07) is 63.9. The lowest BCUT2D eigenvalue weighted by Crippen LogP contribution is -2.55. The fourth-order valence-corrected chi connectivity index (χ4v) is 12.5. The summed E-state index contributed by atoms with van der Waals surface area (Å²) in [4.78, 5) is 20.2. The van der Waals surface area contributed by atoms with Crippen LogP contribution in [-0.4, -0.2) is 19.9 Å². The van der Waals surface area contributed by atoms with Gasteiger partial charge in [-0.15, -0.1) is 0 Å². The Bertz CT molecular complexity index is 3110. The van der Waals surface area contributed by atoms with Gasteiger partial charge in [0.2, 0.25) is 0 Å². The molecule has 0 atom stereocenters. The first-order chi connectivity index (χ1) is 30.6. The fourth-order valence-electron chi connectivity index (χ4n) is 12.5. The smallest absolute Gasteiger partial charge is 0.164 e. The maximum absolute atomic E-state index is 5.22. The standard InChI is InChI=1S/C58H44N4/c1-4-11-38(12-5-1)42-21-23-52-51(33-42)50-22-20-43(34-53(50)58(52)48-26-36-25-37(28-48)29-49(58)27-36)45-30-46(44-19-18-39-17-10-24-59-54(39)35-44)32-47(31-45)57-61-55(40-13-6-2-7-14-40)60-56(62-57)41-15-8-3-9-16-41/h1-24,30-37,48-49H,25-29H2. The molecule has 0 N–H and O–H groups in total. The predicted molar refractivity (Wildman–Crippen MR) is 251 cm³/mol. The Morgan fingerprint density at radius 3 is 1.53 bits per heavy atom. The number of fused-ring (bicyclic) bond motifs is 4. The summed E-state index contributed by atoms with van der Waals surface area (Å²) in [6.45, 7) is 0. The normalized spacial score (nSPS) is 21.6. The van der Waals surface area contributed by atoms with Crippen molar-refractivity contribution in [2.45, 2.75) is 37.5 Å². The minimum absolute atomic E-state index is 0.0388. The zero-order valence-corrected chi connectivity index (χ0v) is 34.5. The van der Waals surface area contributed by atoms with Crippen LogP contribution in [0.5, 0.6) is 0 Å². The van der Waals surface area contributed by atoms with E-state index in [1.54, 1.807) is 11.1 Å². The van der Waals surface area contributed by atoms with Crippen molar-refractivity contribution >= 4 is 10.9 Å². The number of pyridine rings is 1. The van der Waals surface area contributed by atoms with E-state index < -0.39 is 0 Å². The minimum atomic E-state index is 0.0388. The Morgan fingerprint density at radius 1 is 0.355 bits per heavy atom.